The van der Waals surface area contributed by atoms with Crippen molar-refractivity contribution >= 4 is 37.6 Å². The molecule has 3 nitrogen and oxygen atoms in total. The average Bonchev–Trinajstić information content (AvgIpc) is 2.39. The Labute approximate surface area is 121 Å². The van der Waals surface area contributed by atoms with Crippen LogP contribution in [0.25, 0.3) is 0 Å². The molecule has 1 unspecified atom stereocenters. The van der Waals surface area contributed by atoms with E-state index in [-0.39, 0.29) is 4.90 Å². The molecule has 0 saturated carbocycles. The van der Waals surface area contributed by atoms with Crippen molar-refractivity contribution in [3.05, 3.63) is 29.3 Å². The molecule has 1 aromatic rings. The minimum Gasteiger partial charge on any atom is -0.207 e. The first-order valence-corrected chi connectivity index (χ1v) is 8.79. The van der Waals surface area contributed by atoms with E-state index in [0.29, 0.717) is 24.0 Å². The predicted octanol–water partition coefficient (Wildman–Crippen LogP) is 3.14. The second-order valence-electron chi connectivity index (χ2n) is 4.48. The van der Waals surface area contributed by atoms with E-state index in [1.807, 2.05) is 0 Å². The molecule has 100 valence electrons. The quantitative estimate of drug-likeness (QED) is 0.784. The van der Waals surface area contributed by atoms with Crippen LogP contribution in [0.1, 0.15) is 12.8 Å². The predicted molar refractivity (Wildman–Crippen MR) is 76.7 cm³/mol. The Morgan fingerprint density at radius 3 is 2.89 bits per heavy atom. The smallest absolute Gasteiger partial charge is 0.207 e. The molecule has 6 heteroatoms. The fraction of sp³-hybridized carbons (Fsp3) is 0.500. The number of piperidine rings is 1. The van der Waals surface area contributed by atoms with E-state index >= 15 is 0 Å². The van der Waals surface area contributed by atoms with E-state index in [1.54, 1.807) is 22.5 Å². The van der Waals surface area contributed by atoms with Crippen molar-refractivity contribution in [3.8, 4) is 0 Å². The van der Waals surface area contributed by atoms with Crippen LogP contribution in [0.15, 0.2) is 29.2 Å². The van der Waals surface area contributed by atoms with E-state index in [4.69, 9.17) is 11.6 Å². The van der Waals surface area contributed by atoms with E-state index in [2.05, 4.69) is 15.9 Å². The Morgan fingerprint density at radius 2 is 2.22 bits per heavy atom. The van der Waals surface area contributed by atoms with Gasteiger partial charge in [0.1, 0.15) is 0 Å². The first-order valence-electron chi connectivity index (χ1n) is 5.85. The third kappa shape index (κ3) is 3.07. The van der Waals surface area contributed by atoms with Gasteiger partial charge in [-0.2, -0.15) is 4.31 Å². The number of benzene rings is 1. The topological polar surface area (TPSA) is 37.4 Å². The van der Waals surface area contributed by atoms with E-state index in [0.717, 1.165) is 18.2 Å². The summed E-state index contributed by atoms with van der Waals surface area (Å²) in [5, 5.41) is 1.29. The molecule has 0 amide bonds. The lowest BCUT2D eigenvalue weighted by molar-refractivity contribution is 0.285. The second-order valence-corrected chi connectivity index (χ2v) is 7.50. The summed E-state index contributed by atoms with van der Waals surface area (Å²) in [5.74, 6) is 0.396. The Bertz CT molecular complexity index is 521. The van der Waals surface area contributed by atoms with Crippen molar-refractivity contribution < 1.29 is 8.42 Å². The fourth-order valence-electron chi connectivity index (χ4n) is 2.15. The summed E-state index contributed by atoms with van der Waals surface area (Å²) in [6.07, 6.45) is 1.99. The largest absolute Gasteiger partial charge is 0.243 e. The van der Waals surface area contributed by atoms with Gasteiger partial charge in [-0.1, -0.05) is 33.6 Å². The van der Waals surface area contributed by atoms with E-state index in [1.165, 1.54) is 6.07 Å². The summed E-state index contributed by atoms with van der Waals surface area (Å²) in [5.41, 5.74) is 0. The van der Waals surface area contributed by atoms with Crippen molar-refractivity contribution in [2.24, 2.45) is 5.92 Å². The highest BCUT2D eigenvalue weighted by Crippen LogP contribution is 2.25. The van der Waals surface area contributed by atoms with Crippen LogP contribution in [0.4, 0.5) is 0 Å². The number of hydrogen-bond acceptors (Lipinski definition) is 2. The molecule has 1 aliphatic heterocycles. The highest BCUT2D eigenvalue weighted by molar-refractivity contribution is 9.09. The molecule has 0 bridgehead atoms. The lowest BCUT2D eigenvalue weighted by atomic mass is 10.0. The van der Waals surface area contributed by atoms with Crippen LogP contribution >= 0.6 is 27.5 Å². The lowest BCUT2D eigenvalue weighted by Gasteiger charge is -2.31. The fourth-order valence-corrected chi connectivity index (χ4v) is 4.53. The summed E-state index contributed by atoms with van der Waals surface area (Å²) in [7, 11) is -3.40. The first-order chi connectivity index (χ1) is 8.54. The maximum absolute atomic E-state index is 12.5. The molecule has 0 aromatic heterocycles. The van der Waals surface area contributed by atoms with Crippen molar-refractivity contribution in [2.75, 3.05) is 18.4 Å². The Hall–Kier alpha value is -0.100. The molecule has 0 N–H and O–H groups in total. The van der Waals surface area contributed by atoms with Crippen LogP contribution in [-0.4, -0.2) is 31.1 Å². The molecular weight excluding hydrogens is 338 g/mol. The molecule has 1 heterocycles. The number of hydrogen-bond donors (Lipinski definition) is 0. The molecule has 1 aromatic carbocycles. The zero-order valence-electron chi connectivity index (χ0n) is 9.85. The maximum Gasteiger partial charge on any atom is 0.243 e. The standard InChI is InChI=1S/C12H15BrClNO2S/c13-8-10-3-2-6-15(9-10)18(16,17)12-5-1-4-11(14)7-12/h1,4-5,7,10H,2-3,6,8-9H2. The van der Waals surface area contributed by atoms with Gasteiger partial charge in [0.15, 0.2) is 0 Å². The minimum absolute atomic E-state index is 0.283. The van der Waals surface area contributed by atoms with E-state index < -0.39 is 10.0 Å². The van der Waals surface area contributed by atoms with Crippen LogP contribution < -0.4 is 0 Å². The highest BCUT2D eigenvalue weighted by atomic mass is 79.9. The Balaban J connectivity index is 2.25. The van der Waals surface area contributed by atoms with Crippen molar-refractivity contribution in [1.29, 1.82) is 0 Å². The summed E-state index contributed by atoms with van der Waals surface area (Å²) >= 11 is 9.29. The maximum atomic E-state index is 12.5. The van der Waals surface area contributed by atoms with Gasteiger partial charge in [0.05, 0.1) is 4.90 Å². The molecule has 0 radical (unpaired) electrons. The third-order valence-electron chi connectivity index (χ3n) is 3.13. The minimum atomic E-state index is -3.40. The molecule has 2 rings (SSSR count). The Morgan fingerprint density at radius 1 is 1.44 bits per heavy atom. The zero-order valence-corrected chi connectivity index (χ0v) is 13.0. The van der Waals surface area contributed by atoms with Gasteiger partial charge in [-0.15, -0.1) is 0 Å². The van der Waals surface area contributed by atoms with Crippen LogP contribution in [0.5, 0.6) is 0 Å². The summed E-state index contributed by atoms with van der Waals surface area (Å²) in [6.45, 7) is 1.18. The molecule has 18 heavy (non-hydrogen) atoms. The van der Waals surface area contributed by atoms with Crippen LogP contribution in [-0.2, 0) is 10.0 Å². The summed E-state index contributed by atoms with van der Waals surface area (Å²) in [6, 6.07) is 6.45. The molecule has 1 aliphatic rings. The van der Waals surface area contributed by atoms with Crippen molar-refractivity contribution in [1.82, 2.24) is 4.31 Å². The molecule has 0 aliphatic carbocycles. The van der Waals surface area contributed by atoms with E-state index in [9.17, 15) is 8.42 Å². The molecule has 0 spiro atoms. The number of nitrogens with zero attached hydrogens (tertiary/aromatic N) is 1. The average molecular weight is 353 g/mol. The Kier molecular flexibility index (Phi) is 4.69. The monoisotopic (exact) mass is 351 g/mol. The number of halogens is 2. The number of sulfonamides is 1. The van der Waals surface area contributed by atoms with Gasteiger partial charge in [0.25, 0.3) is 0 Å². The van der Waals surface area contributed by atoms with Gasteiger partial charge in [-0.05, 0) is 37.0 Å². The van der Waals surface area contributed by atoms with Crippen molar-refractivity contribution in [2.45, 2.75) is 17.7 Å². The molecule has 1 atom stereocenters. The zero-order chi connectivity index (χ0) is 13.2. The lowest BCUT2D eigenvalue weighted by Crippen LogP contribution is -2.40. The van der Waals surface area contributed by atoms with Gasteiger partial charge in [-0.25, -0.2) is 8.42 Å². The van der Waals surface area contributed by atoms with Crippen LogP contribution in [0.3, 0.4) is 0 Å². The normalized spacial score (nSPS) is 22.0. The molecular formula is C12H15BrClNO2S. The molecule has 1 fully saturated rings. The summed E-state index contributed by atoms with van der Waals surface area (Å²) in [4.78, 5) is 0.283. The van der Waals surface area contributed by atoms with Crippen LogP contribution in [0, 0.1) is 5.92 Å². The van der Waals surface area contributed by atoms with Crippen LogP contribution in [0.2, 0.25) is 5.02 Å². The van der Waals surface area contributed by atoms with Gasteiger partial charge >= 0.3 is 0 Å². The summed E-state index contributed by atoms with van der Waals surface area (Å²) < 4.78 is 26.5. The van der Waals surface area contributed by atoms with Gasteiger partial charge in [0.2, 0.25) is 10.0 Å². The third-order valence-corrected chi connectivity index (χ3v) is 6.15. The van der Waals surface area contributed by atoms with Gasteiger partial charge < -0.3 is 0 Å². The first kappa shape index (κ1) is 14.3. The number of rotatable bonds is 3. The van der Waals surface area contributed by atoms with Crippen molar-refractivity contribution in [3.63, 3.8) is 0 Å². The second kappa shape index (κ2) is 5.90. The van der Waals surface area contributed by atoms with Gasteiger partial charge in [-0.3, -0.25) is 0 Å². The SMILES string of the molecule is O=S(=O)(c1cccc(Cl)c1)N1CCCC(CBr)C1. The van der Waals surface area contributed by atoms with Gasteiger partial charge in [0, 0.05) is 23.4 Å². The molecule has 1 saturated heterocycles. The number of alkyl halides is 1. The highest BCUT2D eigenvalue weighted by Gasteiger charge is 2.29.